The van der Waals surface area contributed by atoms with E-state index in [1.165, 1.54) is 31.0 Å². The zero-order valence-electron chi connectivity index (χ0n) is 9.19. The summed E-state index contributed by atoms with van der Waals surface area (Å²) in [5.41, 5.74) is 5.94. The number of nitrogens with zero attached hydrogens (tertiary/aromatic N) is 3. The minimum Gasteiger partial charge on any atom is -0.370 e. The Morgan fingerprint density at radius 3 is 2.53 bits per heavy atom. The molecule has 2 saturated heterocycles. The van der Waals surface area contributed by atoms with E-state index in [-0.39, 0.29) is 0 Å². The molecule has 2 aliphatic heterocycles. The molecule has 4 nitrogen and oxygen atoms in total. The van der Waals surface area contributed by atoms with E-state index < -0.39 is 0 Å². The van der Waals surface area contributed by atoms with Gasteiger partial charge in [-0.1, -0.05) is 0 Å². The number of guanidine groups is 1. The van der Waals surface area contributed by atoms with Crippen LogP contribution in [-0.2, 0) is 0 Å². The Kier molecular flexibility index (Phi) is 4.14. The van der Waals surface area contributed by atoms with Crippen LogP contribution in [-0.4, -0.2) is 66.5 Å². The van der Waals surface area contributed by atoms with Gasteiger partial charge in [0.15, 0.2) is 5.96 Å². The second-order valence-corrected chi connectivity index (χ2v) is 5.26. The maximum absolute atomic E-state index is 5.94. The van der Waals surface area contributed by atoms with Crippen molar-refractivity contribution in [3.8, 4) is 0 Å². The Bertz CT molecular complexity index is 221. The summed E-state index contributed by atoms with van der Waals surface area (Å²) >= 11 is 2.00. The first kappa shape index (κ1) is 11.1. The van der Waals surface area contributed by atoms with Crippen molar-refractivity contribution in [1.29, 1.82) is 0 Å². The summed E-state index contributed by atoms with van der Waals surface area (Å²) in [4.78, 5) is 9.06. The summed E-state index contributed by atoms with van der Waals surface area (Å²) in [7, 11) is 0. The van der Waals surface area contributed by atoms with Gasteiger partial charge in [-0.3, -0.25) is 4.99 Å². The minimum absolute atomic E-state index is 0.746. The molecule has 0 aromatic rings. The van der Waals surface area contributed by atoms with Gasteiger partial charge in [0.25, 0.3) is 0 Å². The summed E-state index contributed by atoms with van der Waals surface area (Å²) in [6, 6.07) is 0. The molecule has 0 aromatic carbocycles. The van der Waals surface area contributed by atoms with Crippen LogP contribution in [0.25, 0.3) is 0 Å². The number of thioether (sulfide) groups is 1. The fraction of sp³-hybridized carbons (Fsp3) is 0.900. The van der Waals surface area contributed by atoms with E-state index in [1.807, 2.05) is 11.8 Å². The van der Waals surface area contributed by atoms with Crippen LogP contribution >= 0.6 is 11.8 Å². The molecule has 0 unspecified atom stereocenters. The Balaban J connectivity index is 1.68. The van der Waals surface area contributed by atoms with Crippen LogP contribution in [0.5, 0.6) is 0 Å². The van der Waals surface area contributed by atoms with Gasteiger partial charge in [0.05, 0.1) is 6.54 Å². The lowest BCUT2D eigenvalue weighted by atomic mass is 10.2. The molecule has 0 spiro atoms. The van der Waals surface area contributed by atoms with Gasteiger partial charge in [-0.2, -0.15) is 11.8 Å². The number of rotatable bonds is 3. The number of aliphatic imine (C=N–C) groups is 1. The van der Waals surface area contributed by atoms with Crippen molar-refractivity contribution >= 4 is 17.7 Å². The van der Waals surface area contributed by atoms with Gasteiger partial charge in [0.1, 0.15) is 0 Å². The molecule has 0 saturated carbocycles. The second-order valence-electron chi connectivity index (χ2n) is 4.03. The lowest BCUT2D eigenvalue weighted by molar-refractivity contribution is 0.187. The lowest BCUT2D eigenvalue weighted by Gasteiger charge is -2.30. The van der Waals surface area contributed by atoms with Crippen LogP contribution in [0, 0.1) is 0 Å². The van der Waals surface area contributed by atoms with Gasteiger partial charge >= 0.3 is 0 Å². The molecule has 0 atom stereocenters. The van der Waals surface area contributed by atoms with E-state index in [0.29, 0.717) is 0 Å². The number of hydrogen-bond acceptors (Lipinski definition) is 3. The van der Waals surface area contributed by atoms with E-state index in [9.17, 15) is 0 Å². The van der Waals surface area contributed by atoms with Crippen LogP contribution in [0.4, 0.5) is 0 Å². The molecular formula is C10H20N4S. The largest absolute Gasteiger partial charge is 0.370 e. The SMILES string of the molecule is NC(=NCCN1CCC1)N1CCSCC1. The molecule has 15 heavy (non-hydrogen) atoms. The number of nitrogens with two attached hydrogens (primary N) is 1. The highest BCUT2D eigenvalue weighted by Gasteiger charge is 2.14. The molecule has 2 aliphatic rings. The van der Waals surface area contributed by atoms with E-state index in [4.69, 9.17) is 5.73 Å². The van der Waals surface area contributed by atoms with Crippen LogP contribution < -0.4 is 5.73 Å². The number of hydrogen-bond donors (Lipinski definition) is 1. The van der Waals surface area contributed by atoms with Crippen molar-refractivity contribution in [2.45, 2.75) is 6.42 Å². The predicted molar refractivity (Wildman–Crippen MR) is 66.4 cm³/mol. The third-order valence-corrected chi connectivity index (χ3v) is 3.92. The molecule has 0 amide bonds. The standard InChI is InChI=1S/C10H20N4S/c11-10(14-6-8-15-9-7-14)12-2-5-13-3-1-4-13/h1-9H2,(H2,11,12). The van der Waals surface area contributed by atoms with Crippen molar-refractivity contribution in [1.82, 2.24) is 9.80 Å². The van der Waals surface area contributed by atoms with Crippen molar-refractivity contribution in [3.05, 3.63) is 0 Å². The molecule has 2 fully saturated rings. The Morgan fingerprint density at radius 1 is 1.20 bits per heavy atom. The van der Waals surface area contributed by atoms with Gasteiger partial charge in [0.2, 0.25) is 0 Å². The van der Waals surface area contributed by atoms with Gasteiger partial charge < -0.3 is 15.5 Å². The number of likely N-dealkylation sites (tertiary alicyclic amines) is 1. The van der Waals surface area contributed by atoms with Crippen LogP contribution in [0.1, 0.15) is 6.42 Å². The summed E-state index contributed by atoms with van der Waals surface area (Å²) < 4.78 is 0. The molecular weight excluding hydrogens is 208 g/mol. The third kappa shape index (κ3) is 3.28. The Labute approximate surface area is 95.9 Å². The average molecular weight is 228 g/mol. The maximum atomic E-state index is 5.94. The molecule has 2 rings (SSSR count). The van der Waals surface area contributed by atoms with Crippen LogP contribution in [0.3, 0.4) is 0 Å². The van der Waals surface area contributed by atoms with E-state index in [1.54, 1.807) is 0 Å². The normalized spacial score (nSPS) is 24.0. The minimum atomic E-state index is 0.746. The third-order valence-electron chi connectivity index (χ3n) is 2.97. The summed E-state index contributed by atoms with van der Waals surface area (Å²) in [6.45, 7) is 6.54. The quantitative estimate of drug-likeness (QED) is 0.548. The lowest BCUT2D eigenvalue weighted by Crippen LogP contribution is -2.43. The molecule has 5 heteroatoms. The molecule has 0 bridgehead atoms. The zero-order valence-corrected chi connectivity index (χ0v) is 10.0. The monoisotopic (exact) mass is 228 g/mol. The molecule has 0 aliphatic carbocycles. The van der Waals surface area contributed by atoms with Crippen molar-refractivity contribution in [2.24, 2.45) is 10.7 Å². The summed E-state index contributed by atoms with van der Waals surface area (Å²) in [6.07, 6.45) is 1.35. The van der Waals surface area contributed by atoms with E-state index >= 15 is 0 Å². The van der Waals surface area contributed by atoms with E-state index in [0.717, 1.165) is 32.1 Å². The van der Waals surface area contributed by atoms with Crippen LogP contribution in [0.2, 0.25) is 0 Å². The average Bonchev–Trinajstić information content (AvgIpc) is 2.23. The molecule has 86 valence electrons. The zero-order chi connectivity index (χ0) is 10.5. The second kappa shape index (κ2) is 5.61. The first-order valence-corrected chi connectivity index (χ1v) is 6.87. The summed E-state index contributed by atoms with van der Waals surface area (Å²) in [5, 5.41) is 0. The fourth-order valence-electron chi connectivity index (χ4n) is 1.80. The van der Waals surface area contributed by atoms with Crippen molar-refractivity contribution in [2.75, 3.05) is 50.8 Å². The topological polar surface area (TPSA) is 44.9 Å². The highest BCUT2D eigenvalue weighted by atomic mass is 32.2. The fourth-order valence-corrected chi connectivity index (χ4v) is 2.71. The molecule has 2 heterocycles. The van der Waals surface area contributed by atoms with Crippen LogP contribution in [0.15, 0.2) is 4.99 Å². The van der Waals surface area contributed by atoms with E-state index in [2.05, 4.69) is 14.8 Å². The first-order valence-electron chi connectivity index (χ1n) is 5.71. The van der Waals surface area contributed by atoms with Gasteiger partial charge in [0, 0.05) is 31.1 Å². The molecule has 0 radical (unpaired) electrons. The molecule has 2 N–H and O–H groups in total. The smallest absolute Gasteiger partial charge is 0.191 e. The van der Waals surface area contributed by atoms with Crippen molar-refractivity contribution < 1.29 is 0 Å². The molecule has 0 aromatic heterocycles. The van der Waals surface area contributed by atoms with Gasteiger partial charge in [-0.05, 0) is 19.5 Å². The Morgan fingerprint density at radius 2 is 1.93 bits per heavy atom. The van der Waals surface area contributed by atoms with Crippen molar-refractivity contribution in [3.63, 3.8) is 0 Å². The highest BCUT2D eigenvalue weighted by Crippen LogP contribution is 2.08. The van der Waals surface area contributed by atoms with Gasteiger partial charge in [-0.25, -0.2) is 0 Å². The predicted octanol–water partition coefficient (Wildman–Crippen LogP) is 0.0556. The van der Waals surface area contributed by atoms with Gasteiger partial charge in [-0.15, -0.1) is 0 Å². The highest BCUT2D eigenvalue weighted by molar-refractivity contribution is 7.99. The summed E-state index contributed by atoms with van der Waals surface area (Å²) in [5.74, 6) is 3.11. The first-order chi connectivity index (χ1) is 7.36. The Hall–Kier alpha value is -0.420. The maximum Gasteiger partial charge on any atom is 0.191 e.